The van der Waals surface area contributed by atoms with Crippen molar-refractivity contribution in [2.75, 3.05) is 0 Å². The first-order valence-corrected chi connectivity index (χ1v) is 6.85. The molecular weight excluding hydrogens is 289 g/mol. The molecule has 22 heavy (non-hydrogen) atoms. The highest BCUT2D eigenvalue weighted by atomic mass is 19.4. The van der Waals surface area contributed by atoms with E-state index < -0.39 is 24.3 Å². The van der Waals surface area contributed by atoms with Crippen LogP contribution in [0.15, 0.2) is 66.7 Å². The van der Waals surface area contributed by atoms with Gasteiger partial charge in [-0.1, -0.05) is 72.8 Å². The molecule has 0 N–H and O–H groups in total. The molecule has 0 spiro atoms. The standard InChI is InChI=1S/C18H15F3O/c19-18(20,21)16(12-11-14-7-3-1-4-8-14)13-17(22)15-9-5-2-6-10-15/h1-12,16H,13H2/b12-11+/t16-/m1/s1. The van der Waals surface area contributed by atoms with E-state index in [9.17, 15) is 18.0 Å². The zero-order chi connectivity index (χ0) is 16.0. The number of benzene rings is 2. The van der Waals surface area contributed by atoms with E-state index in [-0.39, 0.29) is 0 Å². The van der Waals surface area contributed by atoms with Gasteiger partial charge in [0.1, 0.15) is 0 Å². The Bertz CT molecular complexity index is 630. The number of allylic oxidation sites excluding steroid dienone is 1. The van der Waals surface area contributed by atoms with E-state index in [2.05, 4.69) is 0 Å². The minimum atomic E-state index is -4.45. The molecule has 0 heterocycles. The molecule has 2 aromatic carbocycles. The molecule has 1 atom stereocenters. The summed E-state index contributed by atoms with van der Waals surface area (Å²) in [5.41, 5.74) is 0.966. The van der Waals surface area contributed by atoms with Crippen LogP contribution in [-0.4, -0.2) is 12.0 Å². The van der Waals surface area contributed by atoms with Gasteiger partial charge in [-0.25, -0.2) is 0 Å². The first kappa shape index (κ1) is 16.0. The summed E-state index contributed by atoms with van der Waals surface area (Å²) in [4.78, 5) is 12.0. The van der Waals surface area contributed by atoms with Gasteiger partial charge in [-0.05, 0) is 5.56 Å². The van der Waals surface area contributed by atoms with Crippen molar-refractivity contribution >= 4 is 11.9 Å². The number of hydrogen-bond acceptors (Lipinski definition) is 1. The van der Waals surface area contributed by atoms with Crippen molar-refractivity contribution in [1.29, 1.82) is 0 Å². The molecule has 4 heteroatoms. The Labute approximate surface area is 127 Å². The summed E-state index contributed by atoms with van der Waals surface area (Å²) in [6.07, 6.45) is -2.58. The SMILES string of the molecule is O=C(C[C@@H](/C=C/c1ccccc1)C(F)(F)F)c1ccccc1. The fourth-order valence-electron chi connectivity index (χ4n) is 2.03. The molecule has 0 unspecified atom stereocenters. The zero-order valence-corrected chi connectivity index (χ0v) is 11.8. The molecule has 0 fully saturated rings. The second kappa shape index (κ2) is 7.07. The van der Waals surface area contributed by atoms with Gasteiger partial charge >= 0.3 is 6.18 Å². The van der Waals surface area contributed by atoms with Crippen molar-refractivity contribution in [2.45, 2.75) is 12.6 Å². The Morgan fingerprint density at radius 1 is 0.955 bits per heavy atom. The number of halogens is 3. The van der Waals surface area contributed by atoms with Crippen molar-refractivity contribution in [3.63, 3.8) is 0 Å². The molecule has 1 nitrogen and oxygen atoms in total. The van der Waals surface area contributed by atoms with E-state index in [1.807, 2.05) is 0 Å². The highest BCUT2D eigenvalue weighted by molar-refractivity contribution is 5.96. The quantitative estimate of drug-likeness (QED) is 0.698. The van der Waals surface area contributed by atoms with Crippen molar-refractivity contribution in [3.8, 4) is 0 Å². The molecule has 0 aliphatic carbocycles. The molecule has 0 bridgehead atoms. The smallest absolute Gasteiger partial charge is 0.294 e. The maximum Gasteiger partial charge on any atom is 0.395 e. The summed E-state index contributed by atoms with van der Waals surface area (Å²) in [5, 5.41) is 0. The minimum Gasteiger partial charge on any atom is -0.294 e. The third-order valence-electron chi connectivity index (χ3n) is 3.24. The topological polar surface area (TPSA) is 17.1 Å². The van der Waals surface area contributed by atoms with Gasteiger partial charge in [0, 0.05) is 12.0 Å². The highest BCUT2D eigenvalue weighted by Gasteiger charge is 2.39. The third kappa shape index (κ3) is 4.58. The normalized spacial score (nSPS) is 13.2. The fraction of sp³-hybridized carbons (Fsp3) is 0.167. The van der Waals surface area contributed by atoms with E-state index in [0.29, 0.717) is 11.1 Å². The number of rotatable bonds is 5. The largest absolute Gasteiger partial charge is 0.395 e. The molecule has 0 radical (unpaired) electrons. The molecule has 2 aromatic rings. The van der Waals surface area contributed by atoms with Crippen LogP contribution in [0.3, 0.4) is 0 Å². The molecule has 0 amide bonds. The van der Waals surface area contributed by atoms with Crippen LogP contribution in [0.25, 0.3) is 6.08 Å². The van der Waals surface area contributed by atoms with Crippen molar-refractivity contribution in [3.05, 3.63) is 77.9 Å². The average molecular weight is 304 g/mol. The van der Waals surface area contributed by atoms with Gasteiger partial charge in [-0.3, -0.25) is 4.79 Å². The van der Waals surface area contributed by atoms with E-state index in [4.69, 9.17) is 0 Å². The lowest BCUT2D eigenvalue weighted by Gasteiger charge is -2.16. The van der Waals surface area contributed by atoms with Crippen molar-refractivity contribution < 1.29 is 18.0 Å². The molecule has 0 aliphatic rings. The van der Waals surface area contributed by atoms with Gasteiger partial charge in [-0.2, -0.15) is 13.2 Å². The van der Waals surface area contributed by atoms with Gasteiger partial charge in [0.25, 0.3) is 0 Å². The van der Waals surface area contributed by atoms with Crippen molar-refractivity contribution in [1.82, 2.24) is 0 Å². The fourth-order valence-corrected chi connectivity index (χ4v) is 2.03. The van der Waals surface area contributed by atoms with Gasteiger partial charge in [0.05, 0.1) is 5.92 Å². The first-order chi connectivity index (χ1) is 10.5. The molecule has 0 saturated heterocycles. The summed E-state index contributed by atoms with van der Waals surface area (Å²) in [5.74, 6) is -2.30. The Kier molecular flexibility index (Phi) is 5.15. The molecule has 0 aliphatic heterocycles. The molecule has 0 saturated carbocycles. The molecule has 0 aromatic heterocycles. The summed E-state index contributed by atoms with van der Waals surface area (Å²) in [6.45, 7) is 0. The summed E-state index contributed by atoms with van der Waals surface area (Å²) < 4.78 is 39.3. The lowest BCUT2D eigenvalue weighted by Crippen LogP contribution is -2.23. The Morgan fingerprint density at radius 3 is 2.05 bits per heavy atom. The monoisotopic (exact) mass is 304 g/mol. The highest BCUT2D eigenvalue weighted by Crippen LogP contribution is 2.31. The number of carbonyl (C=O) groups excluding carboxylic acids is 1. The minimum absolute atomic E-state index is 0.296. The van der Waals surface area contributed by atoms with Gasteiger partial charge in [0.2, 0.25) is 0 Å². The summed E-state index contributed by atoms with van der Waals surface area (Å²) >= 11 is 0. The summed E-state index contributed by atoms with van der Waals surface area (Å²) in [6, 6.07) is 16.7. The maximum absolute atomic E-state index is 13.1. The van der Waals surface area contributed by atoms with Crippen LogP contribution in [0.4, 0.5) is 13.2 Å². The Balaban J connectivity index is 2.14. The maximum atomic E-state index is 13.1. The van der Waals surface area contributed by atoms with E-state index >= 15 is 0 Å². The summed E-state index contributed by atoms with van der Waals surface area (Å²) in [7, 11) is 0. The van der Waals surface area contributed by atoms with E-state index in [0.717, 1.165) is 6.08 Å². The van der Waals surface area contributed by atoms with Crippen molar-refractivity contribution in [2.24, 2.45) is 5.92 Å². The lowest BCUT2D eigenvalue weighted by atomic mass is 9.96. The number of carbonyl (C=O) groups is 1. The average Bonchev–Trinajstić information content (AvgIpc) is 2.52. The number of ketones is 1. The molecular formula is C18H15F3O. The zero-order valence-electron chi connectivity index (χ0n) is 11.8. The van der Waals surface area contributed by atoms with Gasteiger partial charge in [-0.15, -0.1) is 0 Å². The van der Waals surface area contributed by atoms with Crippen LogP contribution < -0.4 is 0 Å². The van der Waals surface area contributed by atoms with E-state index in [1.165, 1.54) is 18.2 Å². The van der Waals surface area contributed by atoms with Crippen LogP contribution >= 0.6 is 0 Å². The second-order valence-electron chi connectivity index (χ2n) is 4.91. The number of Topliss-reactive ketones (excluding diaryl/α,β-unsaturated/α-hetero) is 1. The molecule has 2 rings (SSSR count). The van der Waals surface area contributed by atoms with Crippen LogP contribution in [0.5, 0.6) is 0 Å². The third-order valence-corrected chi connectivity index (χ3v) is 3.24. The van der Waals surface area contributed by atoms with Crippen LogP contribution in [0.1, 0.15) is 22.3 Å². The van der Waals surface area contributed by atoms with Gasteiger partial charge < -0.3 is 0 Å². The number of hydrogen-bond donors (Lipinski definition) is 0. The Morgan fingerprint density at radius 2 is 1.50 bits per heavy atom. The van der Waals surface area contributed by atoms with Crippen LogP contribution in [0.2, 0.25) is 0 Å². The van der Waals surface area contributed by atoms with Gasteiger partial charge in [0.15, 0.2) is 5.78 Å². The number of alkyl halides is 3. The van der Waals surface area contributed by atoms with Crippen LogP contribution in [-0.2, 0) is 0 Å². The lowest BCUT2D eigenvalue weighted by molar-refractivity contribution is -0.160. The first-order valence-electron chi connectivity index (χ1n) is 6.85. The molecule has 114 valence electrons. The predicted octanol–water partition coefficient (Wildman–Crippen LogP) is 5.15. The van der Waals surface area contributed by atoms with Crippen LogP contribution in [0, 0.1) is 5.92 Å². The second-order valence-corrected chi connectivity index (χ2v) is 4.91. The Hall–Kier alpha value is -2.36. The van der Waals surface area contributed by atoms with E-state index in [1.54, 1.807) is 48.5 Å². The predicted molar refractivity (Wildman–Crippen MR) is 80.4 cm³/mol.